The molecule has 1 heteroatoms. The molecular formula is C10H14O. The molecule has 0 saturated heterocycles. The second-order valence-corrected chi connectivity index (χ2v) is 2.93. The van der Waals surface area contributed by atoms with Gasteiger partial charge >= 0.3 is 0 Å². The fraction of sp³-hybridized carbons (Fsp3) is 0.500. The van der Waals surface area contributed by atoms with Gasteiger partial charge in [0.1, 0.15) is 0 Å². The maximum Gasteiger partial charge on any atom is 0.158 e. The highest BCUT2D eigenvalue weighted by Gasteiger charge is 2.13. The number of ketones is 1. The van der Waals surface area contributed by atoms with Crippen LogP contribution in [0.15, 0.2) is 23.3 Å². The van der Waals surface area contributed by atoms with Gasteiger partial charge < -0.3 is 0 Å². The lowest BCUT2D eigenvalue weighted by atomic mass is 9.91. The van der Waals surface area contributed by atoms with Crippen molar-refractivity contribution >= 4 is 5.78 Å². The van der Waals surface area contributed by atoms with Crippen LogP contribution in [0.5, 0.6) is 0 Å². The minimum absolute atomic E-state index is 0.323. The van der Waals surface area contributed by atoms with Gasteiger partial charge in [-0.2, -0.15) is 0 Å². The predicted molar refractivity (Wildman–Crippen MR) is 46.4 cm³/mol. The molecule has 60 valence electrons. The van der Waals surface area contributed by atoms with E-state index in [-0.39, 0.29) is 0 Å². The molecule has 0 heterocycles. The second-order valence-electron chi connectivity index (χ2n) is 2.93. The van der Waals surface area contributed by atoms with Crippen LogP contribution < -0.4 is 0 Å². The Labute approximate surface area is 67.8 Å². The van der Waals surface area contributed by atoms with Crippen molar-refractivity contribution in [1.29, 1.82) is 0 Å². The third-order valence-electron chi connectivity index (χ3n) is 2.12. The van der Waals surface area contributed by atoms with E-state index in [9.17, 15) is 4.79 Å². The highest BCUT2D eigenvalue weighted by molar-refractivity contribution is 5.96. The van der Waals surface area contributed by atoms with Gasteiger partial charge in [0.05, 0.1) is 0 Å². The standard InChI is InChI=1S/C10H14O/c1-3-5-9-6-4-7-10(11)8(9)2/h3,5H,4,6-7H2,1-2H3/b5-3-. The van der Waals surface area contributed by atoms with Gasteiger partial charge in [0.2, 0.25) is 0 Å². The number of carbonyl (C=O) groups excluding carboxylic acids is 1. The van der Waals surface area contributed by atoms with Gasteiger partial charge in [-0.25, -0.2) is 0 Å². The monoisotopic (exact) mass is 150 g/mol. The summed E-state index contributed by atoms with van der Waals surface area (Å²) in [6.45, 7) is 3.91. The van der Waals surface area contributed by atoms with Gasteiger partial charge in [-0.1, -0.05) is 12.2 Å². The van der Waals surface area contributed by atoms with Crippen molar-refractivity contribution < 1.29 is 4.79 Å². The number of hydrogen-bond donors (Lipinski definition) is 0. The first-order valence-electron chi connectivity index (χ1n) is 4.11. The van der Waals surface area contributed by atoms with Crippen molar-refractivity contribution in [3.05, 3.63) is 23.3 Å². The maximum atomic E-state index is 11.2. The number of carbonyl (C=O) groups is 1. The van der Waals surface area contributed by atoms with Crippen LogP contribution in [0, 0.1) is 0 Å². The minimum atomic E-state index is 0.323. The summed E-state index contributed by atoms with van der Waals surface area (Å²) in [7, 11) is 0. The maximum absolute atomic E-state index is 11.2. The number of allylic oxidation sites excluding steroid dienone is 4. The summed E-state index contributed by atoms with van der Waals surface area (Å²) >= 11 is 0. The van der Waals surface area contributed by atoms with Gasteiger partial charge in [-0.15, -0.1) is 0 Å². The van der Waals surface area contributed by atoms with Crippen LogP contribution in [0.2, 0.25) is 0 Å². The van der Waals surface area contributed by atoms with Gasteiger partial charge in [0, 0.05) is 6.42 Å². The van der Waals surface area contributed by atoms with E-state index in [4.69, 9.17) is 0 Å². The third kappa shape index (κ3) is 1.79. The zero-order valence-corrected chi connectivity index (χ0v) is 7.18. The average molecular weight is 150 g/mol. The quantitative estimate of drug-likeness (QED) is 0.561. The molecule has 0 spiro atoms. The molecule has 0 aromatic heterocycles. The number of Topliss-reactive ketones (excluding diaryl/α,β-unsaturated/α-hetero) is 1. The first-order valence-corrected chi connectivity index (χ1v) is 4.11. The van der Waals surface area contributed by atoms with Crippen molar-refractivity contribution in [2.75, 3.05) is 0 Å². The molecule has 1 nitrogen and oxygen atoms in total. The van der Waals surface area contributed by atoms with Crippen LogP contribution in [0.4, 0.5) is 0 Å². The van der Waals surface area contributed by atoms with E-state index in [0.29, 0.717) is 5.78 Å². The fourth-order valence-electron chi connectivity index (χ4n) is 1.40. The molecule has 0 aromatic carbocycles. The van der Waals surface area contributed by atoms with Crippen molar-refractivity contribution in [2.45, 2.75) is 33.1 Å². The molecular weight excluding hydrogens is 136 g/mol. The average Bonchev–Trinajstić information content (AvgIpc) is 1.99. The van der Waals surface area contributed by atoms with E-state index in [1.807, 2.05) is 26.0 Å². The molecule has 0 amide bonds. The van der Waals surface area contributed by atoms with E-state index < -0.39 is 0 Å². The molecule has 1 aliphatic rings. The summed E-state index contributed by atoms with van der Waals surface area (Å²) in [5, 5.41) is 0. The van der Waals surface area contributed by atoms with E-state index in [1.165, 1.54) is 5.57 Å². The van der Waals surface area contributed by atoms with E-state index in [2.05, 4.69) is 0 Å². The van der Waals surface area contributed by atoms with Crippen LogP contribution in [0.25, 0.3) is 0 Å². The third-order valence-corrected chi connectivity index (χ3v) is 2.12. The van der Waals surface area contributed by atoms with Gasteiger partial charge in [0.25, 0.3) is 0 Å². The van der Waals surface area contributed by atoms with Crippen molar-refractivity contribution in [2.24, 2.45) is 0 Å². The van der Waals surface area contributed by atoms with Crippen molar-refractivity contribution in [3.63, 3.8) is 0 Å². The molecule has 0 unspecified atom stereocenters. The predicted octanol–water partition coefficient (Wildman–Crippen LogP) is 2.63. The van der Waals surface area contributed by atoms with Crippen molar-refractivity contribution in [3.8, 4) is 0 Å². The lowest BCUT2D eigenvalue weighted by molar-refractivity contribution is -0.116. The van der Waals surface area contributed by atoms with Crippen LogP contribution in [-0.2, 0) is 4.79 Å². The Kier molecular flexibility index (Phi) is 2.64. The zero-order valence-electron chi connectivity index (χ0n) is 7.18. The van der Waals surface area contributed by atoms with Gasteiger partial charge in [0.15, 0.2) is 5.78 Å². The Bertz CT molecular complexity index is 221. The summed E-state index contributed by atoms with van der Waals surface area (Å²) in [6, 6.07) is 0. The Morgan fingerprint density at radius 1 is 1.36 bits per heavy atom. The van der Waals surface area contributed by atoms with Gasteiger partial charge in [-0.05, 0) is 37.8 Å². The molecule has 0 radical (unpaired) electrons. The normalized spacial score (nSPS) is 20.0. The first-order chi connectivity index (χ1) is 5.25. The lowest BCUT2D eigenvalue weighted by Gasteiger charge is -2.12. The molecule has 0 saturated carbocycles. The summed E-state index contributed by atoms with van der Waals surface area (Å²) < 4.78 is 0. The largest absolute Gasteiger partial charge is 0.295 e. The lowest BCUT2D eigenvalue weighted by Crippen LogP contribution is -2.07. The second kappa shape index (κ2) is 3.51. The minimum Gasteiger partial charge on any atom is -0.295 e. The Balaban J connectivity index is 2.88. The molecule has 0 N–H and O–H groups in total. The molecule has 1 rings (SSSR count). The SMILES string of the molecule is C/C=C\C1=C(C)C(=O)CCC1. The topological polar surface area (TPSA) is 17.1 Å². The summed E-state index contributed by atoms with van der Waals surface area (Å²) in [4.78, 5) is 11.2. The Hall–Kier alpha value is -0.850. The molecule has 0 fully saturated rings. The summed E-state index contributed by atoms with van der Waals surface area (Å²) in [5.74, 6) is 0.323. The van der Waals surface area contributed by atoms with E-state index in [0.717, 1.165) is 24.8 Å². The van der Waals surface area contributed by atoms with Crippen molar-refractivity contribution in [1.82, 2.24) is 0 Å². The highest BCUT2D eigenvalue weighted by Crippen LogP contribution is 2.22. The smallest absolute Gasteiger partial charge is 0.158 e. The zero-order chi connectivity index (χ0) is 8.27. The molecule has 1 aliphatic carbocycles. The first kappa shape index (κ1) is 8.25. The molecule has 0 aromatic rings. The number of hydrogen-bond acceptors (Lipinski definition) is 1. The summed E-state index contributed by atoms with van der Waals surface area (Å²) in [5.41, 5.74) is 2.19. The molecule has 11 heavy (non-hydrogen) atoms. The summed E-state index contributed by atoms with van der Waals surface area (Å²) in [6.07, 6.45) is 6.88. The van der Waals surface area contributed by atoms with Crippen LogP contribution in [-0.4, -0.2) is 5.78 Å². The van der Waals surface area contributed by atoms with E-state index >= 15 is 0 Å². The Morgan fingerprint density at radius 2 is 2.09 bits per heavy atom. The fourth-order valence-corrected chi connectivity index (χ4v) is 1.40. The molecule has 0 bridgehead atoms. The number of rotatable bonds is 1. The van der Waals surface area contributed by atoms with Gasteiger partial charge in [-0.3, -0.25) is 4.79 Å². The van der Waals surface area contributed by atoms with E-state index in [1.54, 1.807) is 0 Å². The molecule has 0 aliphatic heterocycles. The molecule has 0 atom stereocenters. The Morgan fingerprint density at radius 3 is 2.73 bits per heavy atom. The highest BCUT2D eigenvalue weighted by atomic mass is 16.1. The van der Waals surface area contributed by atoms with Crippen LogP contribution in [0.1, 0.15) is 33.1 Å². The van der Waals surface area contributed by atoms with Crippen LogP contribution >= 0.6 is 0 Å². The van der Waals surface area contributed by atoms with Crippen LogP contribution in [0.3, 0.4) is 0 Å².